The summed E-state index contributed by atoms with van der Waals surface area (Å²) in [7, 11) is -8.04. The van der Waals surface area contributed by atoms with Crippen LogP contribution in [0.25, 0.3) is 0 Å². The van der Waals surface area contributed by atoms with E-state index >= 15 is 0 Å². The smallest absolute Gasteiger partial charge is 0.183 e. The predicted molar refractivity (Wildman–Crippen MR) is 103 cm³/mol. The third-order valence-corrected chi connectivity index (χ3v) is 28.1. The van der Waals surface area contributed by atoms with Crippen LogP contribution in [0.1, 0.15) is 0 Å². The Morgan fingerprint density at radius 2 is 0.400 bits per heavy atom. The van der Waals surface area contributed by atoms with Crippen molar-refractivity contribution in [2.75, 3.05) is 0 Å². The molecule has 1 rings (SSSR count). The highest BCUT2D eigenvalue weighted by molar-refractivity contribution is 7.05. The second-order valence-electron chi connectivity index (χ2n) is 8.75. The summed E-state index contributed by atoms with van der Waals surface area (Å²) < 4.78 is 20.0. The maximum Gasteiger partial charge on any atom is 0.183 e. The molecule has 0 amide bonds. The molecule has 0 aliphatic carbocycles. The fourth-order valence-corrected chi connectivity index (χ4v) is 39.4. The van der Waals surface area contributed by atoms with Gasteiger partial charge in [0.2, 0.25) is 0 Å². The maximum absolute atomic E-state index is 4.00. The third-order valence-electron chi connectivity index (χ3n) is 3.12. The van der Waals surface area contributed by atoms with Crippen LogP contribution in [0.5, 0.6) is 0 Å². The molecule has 0 aromatic rings. The molecule has 1 fully saturated rings. The largest absolute Gasteiger partial charge is 0.336 e. The van der Waals surface area contributed by atoms with Gasteiger partial charge < -0.3 is 23.2 Å². The first-order chi connectivity index (χ1) is 8.54. The highest BCUT2D eigenvalue weighted by Crippen LogP contribution is 2.12. The van der Waals surface area contributed by atoms with Crippen molar-refractivity contribution in [3.63, 3.8) is 0 Å². The molecule has 0 bridgehead atoms. The van der Waals surface area contributed by atoms with E-state index in [1.54, 1.807) is 0 Å². The van der Waals surface area contributed by atoms with E-state index in [-0.39, 0.29) is 0 Å². The highest BCUT2D eigenvalue weighted by atomic mass is 28.5. The van der Waals surface area contributed by atoms with Crippen LogP contribution < -0.4 is 23.2 Å². The van der Waals surface area contributed by atoms with E-state index in [1.807, 2.05) is 0 Å². The van der Waals surface area contributed by atoms with Gasteiger partial charge >= 0.3 is 0 Å². The van der Waals surface area contributed by atoms with Gasteiger partial charge in [-0.05, 0) is 65.5 Å². The van der Waals surface area contributed by atoms with E-state index in [4.69, 9.17) is 0 Å². The molecule has 120 valence electrons. The maximum atomic E-state index is 4.00. The molecule has 0 aromatic carbocycles. The lowest BCUT2D eigenvalue weighted by Gasteiger charge is -2.49. The molecule has 0 atom stereocenters. The molecule has 1 saturated heterocycles. The quantitative estimate of drug-likeness (QED) is 0.421. The van der Waals surface area contributed by atoms with Crippen LogP contribution in [-0.2, 0) is 0 Å². The third kappa shape index (κ3) is 6.33. The van der Waals surface area contributed by atoms with Crippen molar-refractivity contribution in [1.82, 2.24) is 23.2 Å². The zero-order valence-electron chi connectivity index (χ0n) is 15.0. The second-order valence-corrected chi connectivity index (χ2v) is 30.0. The molecule has 0 spiro atoms. The summed E-state index contributed by atoms with van der Waals surface area (Å²) in [6.07, 6.45) is 0. The van der Waals surface area contributed by atoms with Crippen LogP contribution in [0, 0.1) is 0 Å². The normalized spacial score (nSPS) is 31.5. The van der Waals surface area contributed by atoms with Crippen molar-refractivity contribution in [3.8, 4) is 0 Å². The van der Waals surface area contributed by atoms with Gasteiger partial charge in [-0.15, -0.1) is 0 Å². The Kier molecular flexibility index (Phi) is 5.21. The minimum atomic E-state index is -1.61. The van der Waals surface area contributed by atoms with Gasteiger partial charge in [0, 0.05) is 0 Å². The second kappa shape index (κ2) is 5.51. The van der Waals surface area contributed by atoms with Gasteiger partial charge in [-0.3, -0.25) is 0 Å². The van der Waals surface area contributed by atoms with Gasteiger partial charge in [0.05, 0.1) is 0 Å². The number of hydrogen-bond donors (Lipinski definition) is 5. The van der Waals surface area contributed by atoms with E-state index < -0.39 is 42.0 Å². The van der Waals surface area contributed by atoms with Crippen LogP contribution in [0.4, 0.5) is 0 Å². The lowest BCUT2D eigenvalue weighted by molar-refractivity contribution is 1.04. The van der Waals surface area contributed by atoms with Crippen LogP contribution >= 0.6 is 0 Å². The molecular weight excluding hydrogens is 331 g/mol. The summed E-state index contributed by atoms with van der Waals surface area (Å²) in [4.78, 5) is 0. The predicted octanol–water partition coefficient (Wildman–Crippen LogP) is 1.46. The molecule has 0 aromatic heterocycles. The minimum Gasteiger partial charge on any atom is -0.336 e. The van der Waals surface area contributed by atoms with E-state index in [9.17, 15) is 0 Å². The summed E-state index contributed by atoms with van der Waals surface area (Å²) in [6.45, 7) is 24.0. The van der Waals surface area contributed by atoms with Crippen LogP contribution in [0.3, 0.4) is 0 Å². The summed E-state index contributed by atoms with van der Waals surface area (Å²) in [5.41, 5.74) is 0. The standard InChI is InChI=1S/C10H35N5Si5/c1-16(2)11-17(3,4)13-19(7,8)15-20(9,10)14-18(5,6)12-16/h11-15H,1-10H3. The van der Waals surface area contributed by atoms with Crippen molar-refractivity contribution in [2.45, 2.75) is 65.5 Å². The van der Waals surface area contributed by atoms with E-state index in [2.05, 4.69) is 88.7 Å². The fourth-order valence-electron chi connectivity index (χ4n) is 4.06. The van der Waals surface area contributed by atoms with Crippen molar-refractivity contribution < 1.29 is 0 Å². The first kappa shape index (κ1) is 18.9. The van der Waals surface area contributed by atoms with E-state index in [1.165, 1.54) is 0 Å². The van der Waals surface area contributed by atoms with Crippen LogP contribution in [0.15, 0.2) is 0 Å². The average molecular weight is 366 g/mol. The number of nitrogens with one attached hydrogen (secondary N) is 5. The molecule has 1 aliphatic heterocycles. The van der Waals surface area contributed by atoms with Gasteiger partial charge in [0.15, 0.2) is 42.0 Å². The van der Waals surface area contributed by atoms with Gasteiger partial charge in [-0.1, -0.05) is 0 Å². The molecule has 5 N–H and O–H groups in total. The topological polar surface area (TPSA) is 60.1 Å². The van der Waals surface area contributed by atoms with E-state index in [0.29, 0.717) is 0 Å². The molecule has 20 heavy (non-hydrogen) atoms. The molecule has 10 heteroatoms. The molecule has 0 unspecified atom stereocenters. The van der Waals surface area contributed by atoms with Crippen molar-refractivity contribution in [3.05, 3.63) is 0 Å². The Labute approximate surface area is 130 Å². The molecule has 1 aliphatic rings. The summed E-state index contributed by atoms with van der Waals surface area (Å²) in [6, 6.07) is 0. The molecule has 0 saturated carbocycles. The minimum absolute atomic E-state index is 1.61. The van der Waals surface area contributed by atoms with Crippen LogP contribution in [0.2, 0.25) is 65.5 Å². The Morgan fingerprint density at radius 3 is 0.500 bits per heavy atom. The Morgan fingerprint density at radius 1 is 0.300 bits per heavy atom. The van der Waals surface area contributed by atoms with Crippen molar-refractivity contribution in [2.24, 2.45) is 0 Å². The Hall–Kier alpha value is 0.884. The van der Waals surface area contributed by atoms with Gasteiger partial charge in [0.1, 0.15) is 0 Å². The van der Waals surface area contributed by atoms with Crippen molar-refractivity contribution >= 4 is 42.0 Å². The van der Waals surface area contributed by atoms with Gasteiger partial charge in [-0.25, -0.2) is 0 Å². The monoisotopic (exact) mass is 365 g/mol. The summed E-state index contributed by atoms with van der Waals surface area (Å²) in [5, 5.41) is 0. The lowest BCUT2D eigenvalue weighted by Crippen LogP contribution is -2.87. The molecule has 5 nitrogen and oxygen atoms in total. The number of rotatable bonds is 0. The zero-order chi connectivity index (χ0) is 16.0. The van der Waals surface area contributed by atoms with Gasteiger partial charge in [0.25, 0.3) is 0 Å². The zero-order valence-corrected chi connectivity index (χ0v) is 20.0. The SMILES string of the molecule is C[Si]1(C)N[Si](C)(C)N[Si](C)(C)N[Si](C)(C)N[Si](C)(C)N1. The van der Waals surface area contributed by atoms with Crippen molar-refractivity contribution in [1.29, 1.82) is 0 Å². The number of hydrogen-bond acceptors (Lipinski definition) is 5. The molecular formula is C10H35N5Si5. The average Bonchev–Trinajstić information content (AvgIpc) is 1.84. The van der Waals surface area contributed by atoms with E-state index in [0.717, 1.165) is 0 Å². The molecule has 0 radical (unpaired) electrons. The first-order valence-corrected chi connectivity index (χ1v) is 22.5. The summed E-state index contributed by atoms with van der Waals surface area (Å²) >= 11 is 0. The van der Waals surface area contributed by atoms with Crippen LogP contribution in [-0.4, -0.2) is 42.0 Å². The Bertz CT molecular complexity index is 268. The fraction of sp³-hybridized carbons (Fsp3) is 1.00. The summed E-state index contributed by atoms with van der Waals surface area (Å²) in [5.74, 6) is 0. The molecule has 1 heterocycles. The first-order valence-electron chi connectivity index (χ1n) is 7.50. The Balaban J connectivity index is 3.15. The van der Waals surface area contributed by atoms with Gasteiger partial charge in [-0.2, -0.15) is 0 Å². The lowest BCUT2D eigenvalue weighted by atomic mass is 11.9. The highest BCUT2D eigenvalue weighted by Gasteiger charge is 2.45.